The van der Waals surface area contributed by atoms with Crippen LogP contribution in [0.15, 0.2) is 24.3 Å². The SMILES string of the molecule is Cc1c(C(N)=O)cc(-c2ccc(F)c(F)c2)n1C1CC1. The van der Waals surface area contributed by atoms with Gasteiger partial charge < -0.3 is 10.3 Å². The molecule has 1 amide bonds. The standard InChI is InChI=1S/C15H14F2N2O/c1-8-11(15(18)20)7-14(19(8)10-3-4-10)9-2-5-12(16)13(17)6-9/h2,5-7,10H,3-4H2,1H3,(H2,18,20). The first-order chi connectivity index (χ1) is 9.49. The van der Waals surface area contributed by atoms with Crippen LogP contribution in [0.5, 0.6) is 0 Å². The molecular weight excluding hydrogens is 262 g/mol. The van der Waals surface area contributed by atoms with E-state index in [2.05, 4.69) is 0 Å². The summed E-state index contributed by atoms with van der Waals surface area (Å²) in [6, 6.07) is 5.72. The van der Waals surface area contributed by atoms with Gasteiger partial charge >= 0.3 is 0 Å². The highest BCUT2D eigenvalue weighted by Gasteiger charge is 2.29. The summed E-state index contributed by atoms with van der Waals surface area (Å²) in [5.41, 5.74) is 7.82. The molecule has 3 rings (SSSR count). The van der Waals surface area contributed by atoms with Gasteiger partial charge in [-0.3, -0.25) is 4.79 Å². The van der Waals surface area contributed by atoms with E-state index in [1.54, 1.807) is 6.07 Å². The Morgan fingerprint density at radius 2 is 1.95 bits per heavy atom. The summed E-state index contributed by atoms with van der Waals surface area (Å²) < 4.78 is 28.4. The molecule has 104 valence electrons. The molecule has 1 aliphatic carbocycles. The van der Waals surface area contributed by atoms with Gasteiger partial charge in [0.15, 0.2) is 11.6 Å². The Labute approximate surface area is 115 Å². The maximum atomic E-state index is 13.4. The average molecular weight is 276 g/mol. The van der Waals surface area contributed by atoms with Crippen LogP contribution in [-0.2, 0) is 0 Å². The molecule has 1 heterocycles. The third-order valence-electron chi connectivity index (χ3n) is 3.68. The van der Waals surface area contributed by atoms with E-state index in [4.69, 9.17) is 5.73 Å². The van der Waals surface area contributed by atoms with Crippen molar-refractivity contribution in [3.05, 3.63) is 47.2 Å². The van der Waals surface area contributed by atoms with Gasteiger partial charge in [0.05, 0.1) is 5.56 Å². The fourth-order valence-corrected chi connectivity index (χ4v) is 2.55. The van der Waals surface area contributed by atoms with E-state index in [0.29, 0.717) is 22.9 Å². The summed E-state index contributed by atoms with van der Waals surface area (Å²) >= 11 is 0. The van der Waals surface area contributed by atoms with Crippen molar-refractivity contribution in [2.45, 2.75) is 25.8 Å². The molecule has 5 heteroatoms. The van der Waals surface area contributed by atoms with Gasteiger partial charge in [0, 0.05) is 23.0 Å². The number of amides is 1. The number of nitrogens with zero attached hydrogens (tertiary/aromatic N) is 1. The van der Waals surface area contributed by atoms with Gasteiger partial charge in [0.1, 0.15) is 0 Å². The summed E-state index contributed by atoms with van der Waals surface area (Å²) in [6.45, 7) is 1.82. The topological polar surface area (TPSA) is 48.0 Å². The van der Waals surface area contributed by atoms with Crippen LogP contribution in [0.1, 0.15) is 34.9 Å². The molecule has 0 spiro atoms. The van der Waals surface area contributed by atoms with Crippen molar-refractivity contribution in [1.29, 1.82) is 0 Å². The number of aromatic nitrogens is 1. The van der Waals surface area contributed by atoms with Crippen molar-refractivity contribution < 1.29 is 13.6 Å². The molecule has 0 aliphatic heterocycles. The number of carbonyl (C=O) groups excluding carboxylic acids is 1. The average Bonchev–Trinajstić information content (AvgIpc) is 3.16. The third kappa shape index (κ3) is 1.99. The predicted molar refractivity (Wildman–Crippen MR) is 71.3 cm³/mol. The Morgan fingerprint density at radius 1 is 1.25 bits per heavy atom. The first-order valence-electron chi connectivity index (χ1n) is 6.46. The molecule has 1 aromatic heterocycles. The van der Waals surface area contributed by atoms with E-state index in [-0.39, 0.29) is 0 Å². The largest absolute Gasteiger partial charge is 0.366 e. The molecule has 0 radical (unpaired) electrons. The molecule has 0 saturated heterocycles. The summed E-state index contributed by atoms with van der Waals surface area (Å²) in [5.74, 6) is -2.29. The molecule has 1 saturated carbocycles. The highest BCUT2D eigenvalue weighted by molar-refractivity contribution is 5.95. The zero-order valence-corrected chi connectivity index (χ0v) is 11.0. The minimum absolute atomic E-state index is 0.311. The second-order valence-corrected chi connectivity index (χ2v) is 5.12. The number of benzene rings is 1. The maximum Gasteiger partial charge on any atom is 0.250 e. The minimum atomic E-state index is -0.899. The normalized spacial score (nSPS) is 14.6. The van der Waals surface area contributed by atoms with E-state index in [1.165, 1.54) is 6.07 Å². The van der Waals surface area contributed by atoms with Crippen LogP contribution < -0.4 is 5.73 Å². The Kier molecular flexibility index (Phi) is 2.85. The minimum Gasteiger partial charge on any atom is -0.366 e. The number of nitrogens with two attached hydrogens (primary N) is 1. The van der Waals surface area contributed by atoms with E-state index in [9.17, 15) is 13.6 Å². The Balaban J connectivity index is 2.19. The van der Waals surface area contributed by atoms with Crippen molar-refractivity contribution >= 4 is 5.91 Å². The van der Waals surface area contributed by atoms with Crippen LogP contribution >= 0.6 is 0 Å². The molecule has 1 aliphatic rings. The van der Waals surface area contributed by atoms with Crippen molar-refractivity contribution in [3.63, 3.8) is 0 Å². The lowest BCUT2D eigenvalue weighted by Gasteiger charge is -2.11. The van der Waals surface area contributed by atoms with Gasteiger partial charge in [0.25, 0.3) is 5.91 Å². The van der Waals surface area contributed by atoms with Gasteiger partial charge in [-0.2, -0.15) is 0 Å². The fourth-order valence-electron chi connectivity index (χ4n) is 2.55. The molecule has 1 aromatic carbocycles. The van der Waals surface area contributed by atoms with Crippen LogP contribution in [0.25, 0.3) is 11.3 Å². The quantitative estimate of drug-likeness (QED) is 0.919. The first-order valence-corrected chi connectivity index (χ1v) is 6.46. The van der Waals surface area contributed by atoms with Gasteiger partial charge in [-0.05, 0) is 44.0 Å². The molecule has 1 fully saturated rings. The van der Waals surface area contributed by atoms with Gasteiger partial charge in [-0.1, -0.05) is 0 Å². The fraction of sp³-hybridized carbons (Fsp3) is 0.267. The van der Waals surface area contributed by atoms with Crippen molar-refractivity contribution in [1.82, 2.24) is 4.57 Å². The van der Waals surface area contributed by atoms with Crippen LogP contribution in [-0.4, -0.2) is 10.5 Å². The van der Waals surface area contributed by atoms with E-state index in [0.717, 1.165) is 30.7 Å². The highest BCUT2D eigenvalue weighted by Crippen LogP contribution is 2.41. The Morgan fingerprint density at radius 3 is 2.50 bits per heavy atom. The lowest BCUT2D eigenvalue weighted by molar-refractivity contribution is 0.0999. The van der Waals surface area contributed by atoms with Crippen molar-refractivity contribution in [2.75, 3.05) is 0 Å². The number of carbonyl (C=O) groups is 1. The lowest BCUT2D eigenvalue weighted by atomic mass is 10.1. The number of hydrogen-bond donors (Lipinski definition) is 1. The van der Waals surface area contributed by atoms with Gasteiger partial charge in [-0.15, -0.1) is 0 Å². The molecule has 0 atom stereocenters. The van der Waals surface area contributed by atoms with Crippen molar-refractivity contribution in [3.8, 4) is 11.3 Å². The van der Waals surface area contributed by atoms with Crippen molar-refractivity contribution in [2.24, 2.45) is 5.73 Å². The molecule has 20 heavy (non-hydrogen) atoms. The summed E-state index contributed by atoms with van der Waals surface area (Å²) in [4.78, 5) is 11.5. The number of halogens is 2. The molecule has 0 unspecified atom stereocenters. The van der Waals surface area contributed by atoms with Crippen LogP contribution in [0.4, 0.5) is 8.78 Å². The molecule has 0 bridgehead atoms. The Hall–Kier alpha value is -2.17. The monoisotopic (exact) mass is 276 g/mol. The summed E-state index contributed by atoms with van der Waals surface area (Å²) in [6.07, 6.45) is 2.04. The predicted octanol–water partition coefficient (Wildman–Crippen LogP) is 3.18. The maximum absolute atomic E-state index is 13.4. The zero-order chi connectivity index (χ0) is 14.4. The van der Waals surface area contributed by atoms with Gasteiger partial charge in [-0.25, -0.2) is 8.78 Å². The Bertz CT molecular complexity index is 702. The lowest BCUT2D eigenvalue weighted by Crippen LogP contribution is -2.12. The van der Waals surface area contributed by atoms with E-state index >= 15 is 0 Å². The number of hydrogen-bond acceptors (Lipinski definition) is 1. The summed E-state index contributed by atoms with van der Waals surface area (Å²) in [5, 5.41) is 0. The summed E-state index contributed by atoms with van der Waals surface area (Å²) in [7, 11) is 0. The second-order valence-electron chi connectivity index (χ2n) is 5.12. The van der Waals surface area contributed by atoms with Crippen LogP contribution in [0, 0.1) is 18.6 Å². The van der Waals surface area contributed by atoms with Crippen LogP contribution in [0.2, 0.25) is 0 Å². The second kappa shape index (κ2) is 4.44. The molecule has 2 N–H and O–H groups in total. The number of primary amides is 1. The molecular formula is C15H14F2N2O. The molecule has 3 nitrogen and oxygen atoms in total. The smallest absolute Gasteiger partial charge is 0.250 e. The third-order valence-corrected chi connectivity index (χ3v) is 3.68. The highest BCUT2D eigenvalue weighted by atomic mass is 19.2. The number of rotatable bonds is 3. The zero-order valence-electron chi connectivity index (χ0n) is 11.0. The first kappa shape index (κ1) is 12.8. The van der Waals surface area contributed by atoms with Crippen LogP contribution in [0.3, 0.4) is 0 Å². The van der Waals surface area contributed by atoms with E-state index in [1.807, 2.05) is 11.5 Å². The molecule has 2 aromatic rings. The van der Waals surface area contributed by atoms with E-state index < -0.39 is 17.5 Å². The van der Waals surface area contributed by atoms with Gasteiger partial charge in [0.2, 0.25) is 0 Å².